The minimum absolute atomic E-state index is 0.0665. The van der Waals surface area contributed by atoms with Gasteiger partial charge in [0.25, 0.3) is 11.8 Å². The highest BCUT2D eigenvalue weighted by molar-refractivity contribution is 6.23. The first kappa shape index (κ1) is 10.3. The summed E-state index contributed by atoms with van der Waals surface area (Å²) < 4.78 is 0. The molecular weight excluding hydrogens is 216 g/mol. The van der Waals surface area contributed by atoms with Gasteiger partial charge in [0.2, 0.25) is 0 Å². The molecule has 0 aromatic heterocycles. The van der Waals surface area contributed by atoms with E-state index in [0.29, 0.717) is 22.7 Å². The normalized spacial score (nSPS) is 27.0. The molecule has 2 aliphatic rings. The van der Waals surface area contributed by atoms with Crippen LogP contribution in [-0.2, 0) is 0 Å². The molecule has 1 saturated carbocycles. The van der Waals surface area contributed by atoms with Gasteiger partial charge in [0.05, 0.1) is 11.1 Å². The number of fused-ring (bicyclic) bond motifs is 1. The number of carbonyl (C=O) groups is 2. The van der Waals surface area contributed by atoms with Gasteiger partial charge in [0, 0.05) is 11.7 Å². The molecule has 0 saturated heterocycles. The van der Waals surface area contributed by atoms with Crippen molar-refractivity contribution in [3.63, 3.8) is 0 Å². The van der Waals surface area contributed by atoms with Crippen LogP contribution in [0.1, 0.15) is 40.5 Å². The standard InChI is InChI=1S/C13H14N2O2/c1-7-5-8(6-7)15-12(16)9-3-2-4-10(14)11(9)13(15)17/h2-4,7-8H,5-6,14H2,1H3. The van der Waals surface area contributed by atoms with Crippen molar-refractivity contribution in [3.05, 3.63) is 29.3 Å². The maximum atomic E-state index is 12.2. The summed E-state index contributed by atoms with van der Waals surface area (Å²) in [5.41, 5.74) is 7.01. The number of amides is 2. The minimum Gasteiger partial charge on any atom is -0.398 e. The molecule has 1 aliphatic carbocycles. The zero-order chi connectivity index (χ0) is 12.2. The SMILES string of the molecule is CC1CC(N2C(=O)c3cccc(N)c3C2=O)C1. The molecule has 17 heavy (non-hydrogen) atoms. The number of imide groups is 1. The Morgan fingerprint density at radius 3 is 2.53 bits per heavy atom. The van der Waals surface area contributed by atoms with E-state index in [1.54, 1.807) is 18.2 Å². The first-order valence-corrected chi connectivity index (χ1v) is 5.86. The molecule has 0 bridgehead atoms. The van der Waals surface area contributed by atoms with Crippen LogP contribution in [0.25, 0.3) is 0 Å². The zero-order valence-electron chi connectivity index (χ0n) is 9.64. The van der Waals surface area contributed by atoms with Gasteiger partial charge in [-0.1, -0.05) is 13.0 Å². The van der Waals surface area contributed by atoms with Gasteiger partial charge >= 0.3 is 0 Å². The van der Waals surface area contributed by atoms with Crippen LogP contribution >= 0.6 is 0 Å². The fourth-order valence-electron chi connectivity index (χ4n) is 2.73. The van der Waals surface area contributed by atoms with Crippen molar-refractivity contribution in [2.24, 2.45) is 5.92 Å². The zero-order valence-corrected chi connectivity index (χ0v) is 9.64. The average molecular weight is 230 g/mol. The summed E-state index contributed by atoms with van der Waals surface area (Å²) in [5, 5.41) is 0. The molecule has 0 unspecified atom stereocenters. The molecule has 2 amide bonds. The lowest BCUT2D eigenvalue weighted by atomic mass is 9.81. The third-order valence-corrected chi connectivity index (χ3v) is 3.69. The molecule has 4 nitrogen and oxygen atoms in total. The Morgan fingerprint density at radius 2 is 1.94 bits per heavy atom. The predicted molar refractivity (Wildman–Crippen MR) is 63.5 cm³/mol. The van der Waals surface area contributed by atoms with Gasteiger partial charge in [-0.3, -0.25) is 14.5 Å². The summed E-state index contributed by atoms with van der Waals surface area (Å²) in [6.07, 6.45) is 1.82. The molecule has 1 aliphatic heterocycles. The molecule has 4 heteroatoms. The minimum atomic E-state index is -0.222. The number of nitrogens with two attached hydrogens (primary N) is 1. The van der Waals surface area contributed by atoms with Crippen molar-refractivity contribution in [1.82, 2.24) is 4.90 Å². The number of nitrogen functional groups attached to an aromatic ring is 1. The van der Waals surface area contributed by atoms with Gasteiger partial charge in [-0.15, -0.1) is 0 Å². The topological polar surface area (TPSA) is 63.4 Å². The van der Waals surface area contributed by atoms with E-state index in [1.807, 2.05) is 0 Å². The Bertz CT molecular complexity index is 518. The Morgan fingerprint density at radius 1 is 1.24 bits per heavy atom. The number of hydrogen-bond acceptors (Lipinski definition) is 3. The second kappa shape index (κ2) is 3.32. The van der Waals surface area contributed by atoms with Crippen LogP contribution in [0, 0.1) is 5.92 Å². The van der Waals surface area contributed by atoms with E-state index >= 15 is 0 Å². The van der Waals surface area contributed by atoms with Crippen molar-refractivity contribution >= 4 is 17.5 Å². The van der Waals surface area contributed by atoms with Gasteiger partial charge in [-0.05, 0) is 30.9 Å². The van der Waals surface area contributed by atoms with Crippen LogP contribution in [0.4, 0.5) is 5.69 Å². The van der Waals surface area contributed by atoms with Crippen LogP contribution in [0.3, 0.4) is 0 Å². The van der Waals surface area contributed by atoms with Crippen molar-refractivity contribution < 1.29 is 9.59 Å². The number of anilines is 1. The lowest BCUT2D eigenvalue weighted by Crippen LogP contribution is -2.47. The number of benzene rings is 1. The number of hydrogen-bond donors (Lipinski definition) is 1. The molecule has 1 fully saturated rings. The largest absolute Gasteiger partial charge is 0.398 e. The number of nitrogens with zero attached hydrogens (tertiary/aromatic N) is 1. The van der Waals surface area contributed by atoms with Crippen molar-refractivity contribution in [2.45, 2.75) is 25.8 Å². The van der Waals surface area contributed by atoms with Crippen LogP contribution in [-0.4, -0.2) is 22.8 Å². The quantitative estimate of drug-likeness (QED) is 0.589. The summed E-state index contributed by atoms with van der Waals surface area (Å²) in [6, 6.07) is 5.12. The monoisotopic (exact) mass is 230 g/mol. The Labute approximate surface area is 99.4 Å². The average Bonchev–Trinajstić information content (AvgIpc) is 2.49. The number of rotatable bonds is 1. The van der Waals surface area contributed by atoms with Crippen LogP contribution in [0.2, 0.25) is 0 Å². The molecule has 2 N–H and O–H groups in total. The third kappa shape index (κ3) is 1.30. The van der Waals surface area contributed by atoms with Crippen molar-refractivity contribution in [2.75, 3.05) is 5.73 Å². The van der Waals surface area contributed by atoms with E-state index in [1.165, 1.54) is 4.90 Å². The fraction of sp³-hybridized carbons (Fsp3) is 0.385. The second-order valence-corrected chi connectivity index (χ2v) is 4.98. The highest BCUT2D eigenvalue weighted by Crippen LogP contribution is 2.37. The number of carbonyl (C=O) groups excluding carboxylic acids is 2. The molecule has 0 radical (unpaired) electrons. The van der Waals surface area contributed by atoms with Gasteiger partial charge in [-0.25, -0.2) is 0 Å². The molecule has 1 aromatic rings. The summed E-state index contributed by atoms with van der Waals surface area (Å²) in [4.78, 5) is 25.7. The first-order chi connectivity index (χ1) is 8.09. The van der Waals surface area contributed by atoms with E-state index in [9.17, 15) is 9.59 Å². The molecule has 1 heterocycles. The van der Waals surface area contributed by atoms with E-state index < -0.39 is 0 Å². The predicted octanol–water partition coefficient (Wildman–Crippen LogP) is 1.66. The van der Waals surface area contributed by atoms with Gasteiger partial charge in [0.15, 0.2) is 0 Å². The van der Waals surface area contributed by atoms with Crippen molar-refractivity contribution in [1.29, 1.82) is 0 Å². The molecule has 0 spiro atoms. The smallest absolute Gasteiger partial charge is 0.263 e. The van der Waals surface area contributed by atoms with Gasteiger partial charge in [0.1, 0.15) is 0 Å². The first-order valence-electron chi connectivity index (χ1n) is 5.86. The summed E-state index contributed by atoms with van der Waals surface area (Å²) >= 11 is 0. The molecule has 3 rings (SSSR count). The Kier molecular flexibility index (Phi) is 2.02. The van der Waals surface area contributed by atoms with Gasteiger partial charge in [-0.2, -0.15) is 0 Å². The molecular formula is C13H14N2O2. The highest BCUT2D eigenvalue weighted by atomic mass is 16.2. The van der Waals surface area contributed by atoms with E-state index in [-0.39, 0.29) is 17.9 Å². The Hall–Kier alpha value is -1.84. The lowest BCUT2D eigenvalue weighted by Gasteiger charge is -2.38. The van der Waals surface area contributed by atoms with Crippen LogP contribution < -0.4 is 5.73 Å². The fourth-order valence-corrected chi connectivity index (χ4v) is 2.73. The van der Waals surface area contributed by atoms with E-state index in [2.05, 4.69) is 6.92 Å². The van der Waals surface area contributed by atoms with E-state index in [0.717, 1.165) is 12.8 Å². The lowest BCUT2D eigenvalue weighted by molar-refractivity contribution is 0.0437. The summed E-state index contributed by atoms with van der Waals surface area (Å²) in [7, 11) is 0. The van der Waals surface area contributed by atoms with Crippen molar-refractivity contribution in [3.8, 4) is 0 Å². The van der Waals surface area contributed by atoms with Crippen LogP contribution in [0.5, 0.6) is 0 Å². The molecule has 88 valence electrons. The van der Waals surface area contributed by atoms with E-state index in [4.69, 9.17) is 5.73 Å². The second-order valence-electron chi connectivity index (χ2n) is 4.98. The molecule has 0 atom stereocenters. The Balaban J connectivity index is 2.00. The maximum Gasteiger partial charge on any atom is 0.263 e. The van der Waals surface area contributed by atoms with Crippen LogP contribution in [0.15, 0.2) is 18.2 Å². The summed E-state index contributed by atoms with van der Waals surface area (Å²) in [6.45, 7) is 2.13. The summed E-state index contributed by atoms with van der Waals surface area (Å²) in [5.74, 6) is 0.191. The molecule has 1 aromatic carbocycles. The maximum absolute atomic E-state index is 12.2. The highest BCUT2D eigenvalue weighted by Gasteiger charge is 2.44. The van der Waals surface area contributed by atoms with Gasteiger partial charge < -0.3 is 5.73 Å². The third-order valence-electron chi connectivity index (χ3n) is 3.69.